The number of H-pyrrole nitrogens is 1. The zero-order chi connectivity index (χ0) is 27.4. The van der Waals surface area contributed by atoms with Crippen molar-refractivity contribution in [1.82, 2.24) is 20.2 Å². The molecule has 0 bridgehead atoms. The van der Waals surface area contributed by atoms with Crippen molar-refractivity contribution in [3.63, 3.8) is 0 Å². The van der Waals surface area contributed by atoms with Gasteiger partial charge in [0.1, 0.15) is 16.3 Å². The highest BCUT2D eigenvalue weighted by molar-refractivity contribution is 7.91. The Labute approximate surface area is 230 Å². The maximum atomic E-state index is 13.7. The number of halogens is 2. The third-order valence-corrected chi connectivity index (χ3v) is 8.43. The van der Waals surface area contributed by atoms with Gasteiger partial charge in [0.05, 0.1) is 4.90 Å². The molecule has 196 valence electrons. The van der Waals surface area contributed by atoms with E-state index in [2.05, 4.69) is 15.3 Å². The lowest BCUT2D eigenvalue weighted by atomic mass is 10.2. The van der Waals surface area contributed by atoms with Crippen LogP contribution in [-0.4, -0.2) is 42.1 Å². The molecule has 0 radical (unpaired) electrons. The predicted molar refractivity (Wildman–Crippen MR) is 145 cm³/mol. The summed E-state index contributed by atoms with van der Waals surface area (Å²) in [5, 5.41) is 3.57. The first-order valence-corrected chi connectivity index (χ1v) is 13.7. The Kier molecular flexibility index (Phi) is 8.20. The van der Waals surface area contributed by atoms with Gasteiger partial charge in [-0.05, 0) is 53.9 Å². The number of hydrogen-bond acceptors (Lipinski definition) is 5. The van der Waals surface area contributed by atoms with Crippen molar-refractivity contribution in [3.05, 3.63) is 111 Å². The lowest BCUT2D eigenvalue weighted by molar-refractivity contribution is 0.0779. The first kappa shape index (κ1) is 27.4. The Bertz CT molecular complexity index is 1590. The summed E-state index contributed by atoms with van der Waals surface area (Å²) in [4.78, 5) is 34.7. The lowest BCUT2D eigenvalue weighted by Crippen LogP contribution is -2.28. The van der Waals surface area contributed by atoms with E-state index in [9.17, 15) is 18.0 Å². The summed E-state index contributed by atoms with van der Waals surface area (Å²) in [6.45, 7) is 1.75. The summed E-state index contributed by atoms with van der Waals surface area (Å²) in [5.41, 5.74) is 1.28. The van der Waals surface area contributed by atoms with E-state index in [1.807, 2.05) is 0 Å². The van der Waals surface area contributed by atoms with Gasteiger partial charge in [-0.25, -0.2) is 8.42 Å². The topological polar surface area (TPSA) is 112 Å². The maximum absolute atomic E-state index is 13.7. The molecule has 0 aliphatic carbocycles. The summed E-state index contributed by atoms with van der Waals surface area (Å²) in [6.07, 6.45) is 3.20. The first-order valence-electron chi connectivity index (χ1n) is 11.5. The predicted octanol–water partition coefficient (Wildman–Crippen LogP) is 5.06. The van der Waals surface area contributed by atoms with Crippen LogP contribution in [0.2, 0.25) is 10.0 Å². The standard InChI is InChI=1S/C27H24Cl2N4O4S/c1-17-23(27(35)33(2)16-19-10-11-20(28)13-22(19)29)32-24(26(34)31-15-18-7-6-12-30-14-18)25(17)38(36,37)21-8-4-3-5-9-21/h3-14,32H,15-16H2,1-2H3,(H,31,34). The summed E-state index contributed by atoms with van der Waals surface area (Å²) in [5.74, 6) is -1.18. The van der Waals surface area contributed by atoms with Crippen molar-refractivity contribution in [1.29, 1.82) is 0 Å². The SMILES string of the molecule is Cc1c(C(=O)N(C)Cc2ccc(Cl)cc2Cl)[nH]c(C(=O)NCc2cccnc2)c1S(=O)(=O)c1ccccc1. The number of nitrogens with one attached hydrogen (secondary N) is 2. The van der Waals surface area contributed by atoms with E-state index in [4.69, 9.17) is 23.2 Å². The summed E-state index contributed by atoms with van der Waals surface area (Å²) in [6, 6.07) is 16.2. The third-order valence-electron chi connectivity index (χ3n) is 5.90. The number of benzene rings is 2. The highest BCUT2D eigenvalue weighted by Gasteiger charge is 2.33. The molecule has 0 unspecified atom stereocenters. The number of hydrogen-bond donors (Lipinski definition) is 2. The Morgan fingerprint density at radius 1 is 1.03 bits per heavy atom. The number of carbonyl (C=O) groups excluding carboxylic acids is 2. The highest BCUT2D eigenvalue weighted by Crippen LogP contribution is 2.31. The van der Waals surface area contributed by atoms with Gasteiger partial charge in [0.25, 0.3) is 11.8 Å². The van der Waals surface area contributed by atoms with E-state index in [-0.39, 0.29) is 39.8 Å². The molecule has 38 heavy (non-hydrogen) atoms. The van der Waals surface area contributed by atoms with Gasteiger partial charge in [0.15, 0.2) is 0 Å². The molecule has 11 heteroatoms. The van der Waals surface area contributed by atoms with Crippen LogP contribution in [0.25, 0.3) is 0 Å². The van der Waals surface area contributed by atoms with Crippen molar-refractivity contribution in [3.8, 4) is 0 Å². The maximum Gasteiger partial charge on any atom is 0.270 e. The fourth-order valence-corrected chi connectivity index (χ4v) is 6.08. The number of amides is 2. The number of pyridine rings is 1. The van der Waals surface area contributed by atoms with Crippen molar-refractivity contribution >= 4 is 44.9 Å². The number of rotatable bonds is 8. The Hall–Kier alpha value is -3.66. The van der Waals surface area contributed by atoms with Crippen LogP contribution >= 0.6 is 23.2 Å². The largest absolute Gasteiger partial charge is 0.347 e. The molecular formula is C27H24Cl2N4O4S. The minimum Gasteiger partial charge on any atom is -0.347 e. The van der Waals surface area contributed by atoms with Crippen molar-refractivity contribution in [2.24, 2.45) is 0 Å². The molecule has 0 fully saturated rings. The minimum atomic E-state index is -4.15. The summed E-state index contributed by atoms with van der Waals surface area (Å²) in [7, 11) is -2.59. The quantitative estimate of drug-likeness (QED) is 0.307. The molecule has 2 aromatic heterocycles. The van der Waals surface area contributed by atoms with Gasteiger partial charge in [0, 0.05) is 42.6 Å². The monoisotopic (exact) mass is 570 g/mol. The molecular weight excluding hydrogens is 547 g/mol. The number of sulfone groups is 1. The molecule has 0 spiro atoms. The Morgan fingerprint density at radius 3 is 2.42 bits per heavy atom. The number of carbonyl (C=O) groups is 2. The van der Waals surface area contributed by atoms with Gasteiger partial charge in [-0.2, -0.15) is 0 Å². The van der Waals surface area contributed by atoms with Crippen LogP contribution in [-0.2, 0) is 22.9 Å². The van der Waals surface area contributed by atoms with E-state index in [1.165, 1.54) is 24.0 Å². The van der Waals surface area contributed by atoms with Crippen LogP contribution < -0.4 is 5.32 Å². The van der Waals surface area contributed by atoms with Gasteiger partial charge >= 0.3 is 0 Å². The molecule has 2 amide bonds. The van der Waals surface area contributed by atoms with Crippen molar-refractivity contribution in [2.75, 3.05) is 7.05 Å². The molecule has 4 aromatic rings. The molecule has 0 saturated carbocycles. The van der Waals surface area contributed by atoms with Gasteiger partial charge in [0.2, 0.25) is 9.84 Å². The Balaban J connectivity index is 1.72. The smallest absolute Gasteiger partial charge is 0.270 e. The average Bonchev–Trinajstić information content (AvgIpc) is 3.27. The second-order valence-corrected chi connectivity index (χ2v) is 11.3. The van der Waals surface area contributed by atoms with Crippen LogP contribution in [0.4, 0.5) is 0 Å². The minimum absolute atomic E-state index is 0.00343. The number of aromatic nitrogens is 2. The fourth-order valence-electron chi connectivity index (χ4n) is 3.95. The Morgan fingerprint density at radius 2 is 1.76 bits per heavy atom. The van der Waals surface area contributed by atoms with Crippen LogP contribution in [0.5, 0.6) is 0 Å². The van der Waals surface area contributed by atoms with E-state index < -0.39 is 21.7 Å². The molecule has 0 aliphatic heterocycles. The van der Waals surface area contributed by atoms with E-state index in [1.54, 1.807) is 68.0 Å². The number of nitrogens with zero attached hydrogens (tertiary/aromatic N) is 2. The fraction of sp³-hybridized carbons (Fsp3) is 0.148. The molecule has 8 nitrogen and oxygen atoms in total. The van der Waals surface area contributed by atoms with E-state index >= 15 is 0 Å². The van der Waals surface area contributed by atoms with Crippen LogP contribution in [0.15, 0.2) is 82.8 Å². The van der Waals surface area contributed by atoms with E-state index in [0.29, 0.717) is 15.6 Å². The van der Waals surface area contributed by atoms with Crippen molar-refractivity contribution < 1.29 is 18.0 Å². The second kappa shape index (κ2) is 11.4. The molecule has 0 saturated heterocycles. The first-order chi connectivity index (χ1) is 18.1. The van der Waals surface area contributed by atoms with Crippen LogP contribution in [0.1, 0.15) is 37.7 Å². The molecule has 4 rings (SSSR count). The van der Waals surface area contributed by atoms with Crippen LogP contribution in [0.3, 0.4) is 0 Å². The zero-order valence-electron chi connectivity index (χ0n) is 20.5. The molecule has 2 heterocycles. The lowest BCUT2D eigenvalue weighted by Gasteiger charge is -2.18. The summed E-state index contributed by atoms with van der Waals surface area (Å²) < 4.78 is 27.3. The highest BCUT2D eigenvalue weighted by atomic mass is 35.5. The summed E-state index contributed by atoms with van der Waals surface area (Å²) >= 11 is 12.2. The molecule has 0 aliphatic rings. The van der Waals surface area contributed by atoms with Gasteiger partial charge in [-0.15, -0.1) is 0 Å². The van der Waals surface area contributed by atoms with Crippen molar-refractivity contribution in [2.45, 2.75) is 29.8 Å². The van der Waals surface area contributed by atoms with Crippen LogP contribution in [0, 0.1) is 6.92 Å². The molecule has 2 aromatic carbocycles. The number of aromatic amines is 1. The van der Waals surface area contributed by atoms with Gasteiger partial charge < -0.3 is 15.2 Å². The molecule has 2 N–H and O–H groups in total. The van der Waals surface area contributed by atoms with Gasteiger partial charge in [-0.1, -0.05) is 53.5 Å². The average molecular weight is 571 g/mol. The zero-order valence-corrected chi connectivity index (χ0v) is 22.9. The normalized spacial score (nSPS) is 11.3. The molecule has 0 atom stereocenters. The second-order valence-electron chi connectivity index (χ2n) is 8.59. The van der Waals surface area contributed by atoms with Gasteiger partial charge in [-0.3, -0.25) is 14.6 Å². The van der Waals surface area contributed by atoms with E-state index in [0.717, 1.165) is 5.56 Å². The third kappa shape index (κ3) is 5.75.